The molecule has 92 valence electrons. The van der Waals surface area contributed by atoms with Crippen LogP contribution in [0.15, 0.2) is 28.4 Å². The molecule has 0 spiro atoms. The van der Waals surface area contributed by atoms with Crippen molar-refractivity contribution in [1.82, 2.24) is 14.9 Å². The Labute approximate surface area is 114 Å². The van der Waals surface area contributed by atoms with Gasteiger partial charge in [0.15, 0.2) is 0 Å². The Morgan fingerprint density at radius 1 is 1.53 bits per heavy atom. The van der Waals surface area contributed by atoms with Gasteiger partial charge in [-0.1, -0.05) is 13.8 Å². The predicted octanol–water partition coefficient (Wildman–Crippen LogP) is 3.25. The van der Waals surface area contributed by atoms with Gasteiger partial charge in [-0.2, -0.15) is 0 Å². The number of imidazole rings is 1. The Bertz CT molecular complexity index is 476. The van der Waals surface area contributed by atoms with Crippen LogP contribution in [0.4, 0.5) is 0 Å². The smallest absolute Gasteiger partial charge is 0.0952 e. The van der Waals surface area contributed by atoms with E-state index in [9.17, 15) is 0 Å². The molecule has 2 aromatic rings. The molecule has 0 bridgehead atoms. The van der Waals surface area contributed by atoms with Crippen molar-refractivity contribution in [3.63, 3.8) is 0 Å². The molecule has 0 fully saturated rings. The van der Waals surface area contributed by atoms with Crippen LogP contribution in [0.25, 0.3) is 0 Å². The molecule has 0 radical (unpaired) electrons. The summed E-state index contributed by atoms with van der Waals surface area (Å²) in [7, 11) is 0. The molecular formula is C12H16BrN3S. The summed E-state index contributed by atoms with van der Waals surface area (Å²) in [5.74, 6) is 0. The lowest BCUT2D eigenvalue weighted by Crippen LogP contribution is -2.23. The third-order valence-electron chi connectivity index (χ3n) is 2.49. The van der Waals surface area contributed by atoms with Gasteiger partial charge in [0.2, 0.25) is 0 Å². The molecule has 0 aliphatic rings. The van der Waals surface area contributed by atoms with E-state index in [4.69, 9.17) is 0 Å². The second-order valence-corrected chi connectivity index (χ2v) is 6.10. The fourth-order valence-corrected chi connectivity index (χ4v) is 3.01. The molecule has 2 aromatic heterocycles. The van der Waals surface area contributed by atoms with E-state index in [1.165, 1.54) is 15.0 Å². The van der Waals surface area contributed by atoms with Crippen molar-refractivity contribution < 1.29 is 0 Å². The molecule has 0 unspecified atom stereocenters. The third-order valence-corrected chi connectivity index (χ3v) is 4.41. The predicted molar refractivity (Wildman–Crippen MR) is 75.3 cm³/mol. The van der Waals surface area contributed by atoms with Crippen molar-refractivity contribution in [3.8, 4) is 0 Å². The maximum Gasteiger partial charge on any atom is 0.0952 e. The molecular weight excluding hydrogens is 298 g/mol. The molecule has 0 aliphatic heterocycles. The van der Waals surface area contributed by atoms with Crippen LogP contribution < -0.4 is 5.32 Å². The van der Waals surface area contributed by atoms with Crippen molar-refractivity contribution in [2.24, 2.45) is 0 Å². The zero-order valence-corrected chi connectivity index (χ0v) is 12.4. The van der Waals surface area contributed by atoms with Crippen LogP contribution in [-0.4, -0.2) is 15.6 Å². The summed E-state index contributed by atoms with van der Waals surface area (Å²) in [4.78, 5) is 5.55. The summed E-state index contributed by atoms with van der Waals surface area (Å²) in [5, 5.41) is 5.51. The van der Waals surface area contributed by atoms with Crippen LogP contribution in [0.3, 0.4) is 0 Å². The van der Waals surface area contributed by atoms with E-state index in [0.717, 1.165) is 13.1 Å². The summed E-state index contributed by atoms with van der Waals surface area (Å²) in [5.41, 5.74) is 1.22. The lowest BCUT2D eigenvalue weighted by atomic mass is 10.3. The number of rotatable bonds is 5. The normalized spacial score (nSPS) is 11.3. The first kappa shape index (κ1) is 12.8. The molecule has 0 aliphatic carbocycles. The SMILES string of the molecule is CC(C)NCc1cncn1Cc1sccc1Br. The molecule has 3 nitrogen and oxygen atoms in total. The molecule has 0 saturated heterocycles. The van der Waals surface area contributed by atoms with Gasteiger partial charge in [-0.05, 0) is 27.4 Å². The highest BCUT2D eigenvalue weighted by atomic mass is 79.9. The molecule has 0 saturated carbocycles. The van der Waals surface area contributed by atoms with E-state index in [1.54, 1.807) is 11.3 Å². The maximum atomic E-state index is 4.22. The van der Waals surface area contributed by atoms with Gasteiger partial charge in [0.1, 0.15) is 0 Å². The number of aromatic nitrogens is 2. The first-order valence-electron chi connectivity index (χ1n) is 5.61. The van der Waals surface area contributed by atoms with Crippen LogP contribution in [-0.2, 0) is 13.1 Å². The van der Waals surface area contributed by atoms with Crippen LogP contribution in [0.1, 0.15) is 24.4 Å². The van der Waals surface area contributed by atoms with Crippen molar-refractivity contribution >= 4 is 27.3 Å². The van der Waals surface area contributed by atoms with E-state index < -0.39 is 0 Å². The van der Waals surface area contributed by atoms with Gasteiger partial charge in [-0.15, -0.1) is 11.3 Å². The zero-order chi connectivity index (χ0) is 12.3. The average molecular weight is 314 g/mol. The molecule has 0 aromatic carbocycles. The van der Waals surface area contributed by atoms with Gasteiger partial charge >= 0.3 is 0 Å². The summed E-state index contributed by atoms with van der Waals surface area (Å²) in [6.45, 7) is 6.04. The monoisotopic (exact) mass is 313 g/mol. The lowest BCUT2D eigenvalue weighted by molar-refractivity contribution is 0.565. The van der Waals surface area contributed by atoms with E-state index in [2.05, 4.69) is 56.1 Å². The van der Waals surface area contributed by atoms with Gasteiger partial charge in [-0.3, -0.25) is 0 Å². The lowest BCUT2D eigenvalue weighted by Gasteiger charge is -2.10. The number of thiophene rings is 1. The molecule has 2 heterocycles. The highest BCUT2D eigenvalue weighted by Crippen LogP contribution is 2.23. The molecule has 2 rings (SSSR count). The minimum atomic E-state index is 0.492. The van der Waals surface area contributed by atoms with Crippen molar-refractivity contribution in [2.45, 2.75) is 33.0 Å². The molecule has 0 atom stereocenters. The van der Waals surface area contributed by atoms with Crippen LogP contribution in [0.2, 0.25) is 0 Å². The Morgan fingerprint density at radius 3 is 3.00 bits per heavy atom. The van der Waals surface area contributed by atoms with Gasteiger partial charge in [0.25, 0.3) is 0 Å². The maximum absolute atomic E-state index is 4.22. The Hall–Kier alpha value is -0.650. The van der Waals surface area contributed by atoms with Gasteiger partial charge in [-0.25, -0.2) is 4.98 Å². The van der Waals surface area contributed by atoms with Crippen LogP contribution in [0.5, 0.6) is 0 Å². The van der Waals surface area contributed by atoms with Crippen molar-refractivity contribution in [1.29, 1.82) is 0 Å². The fourth-order valence-electron chi connectivity index (χ4n) is 1.54. The molecule has 0 amide bonds. The number of halogens is 1. The molecule has 5 heteroatoms. The first-order chi connectivity index (χ1) is 8.16. The summed E-state index contributed by atoms with van der Waals surface area (Å²) in [6, 6.07) is 2.58. The van der Waals surface area contributed by atoms with E-state index >= 15 is 0 Å². The quantitative estimate of drug-likeness (QED) is 0.918. The van der Waals surface area contributed by atoms with Gasteiger partial charge < -0.3 is 9.88 Å². The molecule has 1 N–H and O–H groups in total. The fraction of sp³-hybridized carbons (Fsp3) is 0.417. The van der Waals surface area contributed by atoms with E-state index in [1.807, 2.05) is 12.5 Å². The highest BCUT2D eigenvalue weighted by molar-refractivity contribution is 9.10. The summed E-state index contributed by atoms with van der Waals surface area (Å²) < 4.78 is 3.37. The minimum absolute atomic E-state index is 0.492. The second-order valence-electron chi connectivity index (χ2n) is 4.24. The molecule has 17 heavy (non-hydrogen) atoms. The van der Waals surface area contributed by atoms with Gasteiger partial charge in [0.05, 0.1) is 18.6 Å². The third kappa shape index (κ3) is 3.40. The number of nitrogens with one attached hydrogen (secondary N) is 1. The number of nitrogens with zero attached hydrogens (tertiary/aromatic N) is 2. The topological polar surface area (TPSA) is 29.9 Å². The minimum Gasteiger partial charge on any atom is -0.328 e. The summed E-state index contributed by atoms with van der Waals surface area (Å²) >= 11 is 5.32. The number of hydrogen-bond donors (Lipinski definition) is 1. The van der Waals surface area contributed by atoms with Crippen LogP contribution >= 0.6 is 27.3 Å². The van der Waals surface area contributed by atoms with E-state index in [0.29, 0.717) is 6.04 Å². The average Bonchev–Trinajstić information content (AvgIpc) is 2.87. The van der Waals surface area contributed by atoms with Crippen molar-refractivity contribution in [2.75, 3.05) is 0 Å². The Kier molecular flexibility index (Phi) is 4.36. The van der Waals surface area contributed by atoms with Gasteiger partial charge in [0, 0.05) is 28.1 Å². The van der Waals surface area contributed by atoms with Crippen molar-refractivity contribution in [3.05, 3.63) is 39.0 Å². The Balaban J connectivity index is 2.06. The Morgan fingerprint density at radius 2 is 2.35 bits per heavy atom. The van der Waals surface area contributed by atoms with Crippen LogP contribution in [0, 0.1) is 0 Å². The van der Waals surface area contributed by atoms with E-state index in [-0.39, 0.29) is 0 Å². The zero-order valence-electron chi connectivity index (χ0n) is 9.98. The standard InChI is InChI=1S/C12H16BrN3S/c1-9(2)15-6-10-5-14-8-16(10)7-12-11(13)3-4-17-12/h3-5,8-9,15H,6-7H2,1-2H3. The summed E-state index contributed by atoms with van der Waals surface area (Å²) in [6.07, 6.45) is 3.82. The number of hydrogen-bond acceptors (Lipinski definition) is 3. The first-order valence-corrected chi connectivity index (χ1v) is 7.28. The highest BCUT2D eigenvalue weighted by Gasteiger charge is 2.06. The second kappa shape index (κ2) is 5.80. The largest absolute Gasteiger partial charge is 0.328 e.